The predicted octanol–water partition coefficient (Wildman–Crippen LogP) is 3.15. The van der Waals surface area contributed by atoms with Gasteiger partial charge in [-0.25, -0.2) is 4.39 Å². The van der Waals surface area contributed by atoms with Crippen molar-refractivity contribution in [1.29, 1.82) is 0 Å². The van der Waals surface area contributed by atoms with Crippen molar-refractivity contribution in [3.8, 4) is 12.3 Å². The van der Waals surface area contributed by atoms with Crippen LogP contribution < -0.4 is 10.6 Å². The van der Waals surface area contributed by atoms with E-state index >= 15 is 0 Å². The zero-order valence-electron chi connectivity index (χ0n) is 14.2. The first-order valence-electron chi connectivity index (χ1n) is 8.00. The second-order valence-electron chi connectivity index (χ2n) is 5.55. The number of carbonyl (C=O) groups excluding carboxylic acids is 1. The molecule has 0 aliphatic rings. The van der Waals surface area contributed by atoms with Crippen molar-refractivity contribution in [3.63, 3.8) is 0 Å². The van der Waals surface area contributed by atoms with Gasteiger partial charge in [-0.3, -0.25) is 4.79 Å². The second kappa shape index (κ2) is 8.74. The number of anilines is 2. The van der Waals surface area contributed by atoms with Crippen LogP contribution in [0, 0.1) is 18.2 Å². The molecule has 2 aromatic carbocycles. The van der Waals surface area contributed by atoms with Gasteiger partial charge >= 0.3 is 5.97 Å². The highest BCUT2D eigenvalue weighted by atomic mass is 19.1. The number of hydrogen-bond donors (Lipinski definition) is 1. The molecule has 25 heavy (non-hydrogen) atoms. The summed E-state index contributed by atoms with van der Waals surface area (Å²) in [5.74, 6) is 2.03. The molecule has 0 aromatic heterocycles. The molecule has 0 saturated carbocycles. The molecule has 0 atom stereocenters. The third-order valence-electron chi connectivity index (χ3n) is 3.70. The Balaban J connectivity index is 2.18. The lowest BCUT2D eigenvalue weighted by molar-refractivity contribution is -0.142. The van der Waals surface area contributed by atoms with Gasteiger partial charge in [-0.05, 0) is 42.3 Å². The van der Waals surface area contributed by atoms with E-state index in [-0.39, 0.29) is 18.2 Å². The average molecular weight is 340 g/mol. The largest absolute Gasteiger partial charge is 0.466 e. The second-order valence-corrected chi connectivity index (χ2v) is 5.55. The van der Waals surface area contributed by atoms with Crippen LogP contribution in [0.5, 0.6) is 0 Å². The summed E-state index contributed by atoms with van der Waals surface area (Å²) in [6, 6.07) is 11.7. The number of terminal acetylenes is 1. The Morgan fingerprint density at radius 3 is 2.60 bits per heavy atom. The summed E-state index contributed by atoms with van der Waals surface area (Å²) < 4.78 is 18.0. The van der Waals surface area contributed by atoms with Crippen LogP contribution >= 0.6 is 0 Å². The Kier molecular flexibility index (Phi) is 6.41. The van der Waals surface area contributed by atoms with E-state index in [0.29, 0.717) is 30.9 Å². The number of nitrogens with zero attached hydrogens (tertiary/aromatic N) is 1. The van der Waals surface area contributed by atoms with Crippen LogP contribution in [-0.2, 0) is 22.5 Å². The summed E-state index contributed by atoms with van der Waals surface area (Å²) in [6.45, 7) is 3.01. The van der Waals surface area contributed by atoms with Crippen LogP contribution in [0.1, 0.15) is 18.1 Å². The molecule has 130 valence electrons. The van der Waals surface area contributed by atoms with Crippen LogP contribution in [0.2, 0.25) is 0 Å². The minimum absolute atomic E-state index is 0.132. The van der Waals surface area contributed by atoms with E-state index in [0.717, 1.165) is 11.3 Å². The maximum absolute atomic E-state index is 13.1. The monoisotopic (exact) mass is 340 g/mol. The van der Waals surface area contributed by atoms with E-state index in [1.807, 2.05) is 11.0 Å². The third-order valence-corrected chi connectivity index (χ3v) is 3.70. The first-order valence-corrected chi connectivity index (χ1v) is 8.00. The summed E-state index contributed by atoms with van der Waals surface area (Å²) in [4.78, 5) is 13.6. The maximum Gasteiger partial charge on any atom is 0.310 e. The molecule has 0 bridgehead atoms. The summed E-state index contributed by atoms with van der Waals surface area (Å²) >= 11 is 0. The first kappa shape index (κ1) is 18.3. The Labute approximate surface area is 147 Å². The van der Waals surface area contributed by atoms with Gasteiger partial charge in [0.2, 0.25) is 0 Å². The molecule has 0 saturated heterocycles. The molecule has 0 aliphatic carbocycles. The lowest BCUT2D eigenvalue weighted by Crippen LogP contribution is -2.23. The standard InChI is InChI=1S/C20H21FN2O2/c1-3-11-23(14-15-5-8-17(21)9-6-15)18-10-7-16(19(22)13-18)12-20(24)25-4-2/h1,5-10,13H,4,11-12,14,22H2,2H3. The molecule has 0 unspecified atom stereocenters. The summed E-state index contributed by atoms with van der Waals surface area (Å²) in [6.07, 6.45) is 5.60. The van der Waals surface area contributed by atoms with Crippen molar-refractivity contribution < 1.29 is 13.9 Å². The van der Waals surface area contributed by atoms with Crippen LogP contribution in [0.3, 0.4) is 0 Å². The lowest BCUT2D eigenvalue weighted by Gasteiger charge is -2.23. The number of carbonyl (C=O) groups is 1. The first-order chi connectivity index (χ1) is 12.0. The van der Waals surface area contributed by atoms with Gasteiger partial charge < -0.3 is 15.4 Å². The molecule has 0 amide bonds. The van der Waals surface area contributed by atoms with E-state index in [4.69, 9.17) is 16.9 Å². The highest BCUT2D eigenvalue weighted by Gasteiger charge is 2.11. The third kappa shape index (κ3) is 5.25. The molecule has 0 heterocycles. The molecule has 0 spiro atoms. The number of ether oxygens (including phenoxy) is 1. The van der Waals surface area contributed by atoms with E-state index in [2.05, 4.69) is 5.92 Å². The molecule has 0 aliphatic heterocycles. The normalized spacial score (nSPS) is 10.1. The van der Waals surface area contributed by atoms with E-state index in [1.54, 1.807) is 31.2 Å². The van der Waals surface area contributed by atoms with Gasteiger partial charge in [0, 0.05) is 17.9 Å². The molecule has 0 radical (unpaired) electrons. The van der Waals surface area contributed by atoms with Crippen LogP contribution in [0.4, 0.5) is 15.8 Å². The van der Waals surface area contributed by atoms with Crippen molar-refractivity contribution in [2.75, 3.05) is 23.8 Å². The van der Waals surface area contributed by atoms with Crippen LogP contribution in [0.15, 0.2) is 42.5 Å². The minimum atomic E-state index is -0.311. The zero-order valence-corrected chi connectivity index (χ0v) is 14.2. The zero-order chi connectivity index (χ0) is 18.2. The lowest BCUT2D eigenvalue weighted by atomic mass is 10.1. The quantitative estimate of drug-likeness (QED) is 0.478. The molecule has 5 heteroatoms. The number of nitrogens with two attached hydrogens (primary N) is 1. The number of hydrogen-bond acceptors (Lipinski definition) is 4. The number of halogens is 1. The Morgan fingerprint density at radius 2 is 2.00 bits per heavy atom. The average Bonchev–Trinajstić information content (AvgIpc) is 2.58. The smallest absolute Gasteiger partial charge is 0.310 e. The van der Waals surface area contributed by atoms with Crippen molar-refractivity contribution in [3.05, 3.63) is 59.4 Å². The predicted molar refractivity (Wildman–Crippen MR) is 97.5 cm³/mol. The number of benzene rings is 2. The minimum Gasteiger partial charge on any atom is -0.466 e. The summed E-state index contributed by atoms with van der Waals surface area (Å²) in [5, 5.41) is 0. The molecule has 2 aromatic rings. The number of rotatable bonds is 7. The van der Waals surface area contributed by atoms with Crippen molar-refractivity contribution in [2.24, 2.45) is 0 Å². The molecular formula is C20H21FN2O2. The highest BCUT2D eigenvalue weighted by molar-refractivity contribution is 5.76. The van der Waals surface area contributed by atoms with E-state index < -0.39 is 0 Å². The van der Waals surface area contributed by atoms with Gasteiger partial charge in [0.05, 0.1) is 19.6 Å². The molecule has 4 nitrogen and oxygen atoms in total. The van der Waals surface area contributed by atoms with Gasteiger partial charge in [0.15, 0.2) is 0 Å². The fraction of sp³-hybridized carbons (Fsp3) is 0.250. The Bertz CT molecular complexity index is 766. The fourth-order valence-electron chi connectivity index (χ4n) is 2.47. The van der Waals surface area contributed by atoms with E-state index in [9.17, 15) is 9.18 Å². The molecular weight excluding hydrogens is 319 g/mol. The van der Waals surface area contributed by atoms with Gasteiger partial charge in [-0.15, -0.1) is 6.42 Å². The van der Waals surface area contributed by atoms with Gasteiger partial charge in [-0.2, -0.15) is 0 Å². The number of nitrogen functional groups attached to an aromatic ring is 1. The Morgan fingerprint density at radius 1 is 1.28 bits per heavy atom. The van der Waals surface area contributed by atoms with Gasteiger partial charge in [0.1, 0.15) is 5.82 Å². The van der Waals surface area contributed by atoms with E-state index in [1.165, 1.54) is 12.1 Å². The molecule has 2 N–H and O–H groups in total. The van der Waals surface area contributed by atoms with Crippen LogP contribution in [-0.4, -0.2) is 19.1 Å². The van der Waals surface area contributed by atoms with Crippen molar-refractivity contribution >= 4 is 17.3 Å². The Hall–Kier alpha value is -3.00. The molecule has 0 fully saturated rings. The number of esters is 1. The maximum atomic E-state index is 13.1. The van der Waals surface area contributed by atoms with Gasteiger partial charge in [0.25, 0.3) is 0 Å². The molecule has 2 rings (SSSR count). The van der Waals surface area contributed by atoms with Crippen molar-refractivity contribution in [2.45, 2.75) is 19.9 Å². The van der Waals surface area contributed by atoms with Crippen LogP contribution in [0.25, 0.3) is 0 Å². The fourth-order valence-corrected chi connectivity index (χ4v) is 2.47. The van der Waals surface area contributed by atoms with Gasteiger partial charge in [-0.1, -0.05) is 24.1 Å². The summed E-state index contributed by atoms with van der Waals surface area (Å²) in [7, 11) is 0. The highest BCUT2D eigenvalue weighted by Crippen LogP contribution is 2.24. The SMILES string of the molecule is C#CCN(Cc1ccc(F)cc1)c1ccc(CC(=O)OCC)c(N)c1. The summed E-state index contributed by atoms with van der Waals surface area (Å²) in [5.41, 5.74) is 9.07. The van der Waals surface area contributed by atoms with Crippen molar-refractivity contribution in [1.82, 2.24) is 0 Å². The topological polar surface area (TPSA) is 55.6 Å².